The van der Waals surface area contributed by atoms with E-state index in [9.17, 15) is 0 Å². The van der Waals surface area contributed by atoms with Crippen molar-refractivity contribution in [3.8, 4) is 17.2 Å². The Balaban J connectivity index is 1.75. The number of ether oxygens (including phenoxy) is 3. The highest BCUT2D eigenvalue weighted by Gasteiger charge is 2.21. The molecule has 156 valence electrons. The van der Waals surface area contributed by atoms with Crippen molar-refractivity contribution in [1.29, 1.82) is 0 Å². The maximum Gasteiger partial charge on any atom is 0.191 e. The fourth-order valence-electron chi connectivity index (χ4n) is 3.59. The zero-order valence-corrected chi connectivity index (χ0v) is 17.7. The third-order valence-corrected chi connectivity index (χ3v) is 5.15. The number of hydrogen-bond acceptors (Lipinski definition) is 4. The third-order valence-electron chi connectivity index (χ3n) is 5.15. The van der Waals surface area contributed by atoms with Crippen molar-refractivity contribution in [3.63, 3.8) is 0 Å². The summed E-state index contributed by atoms with van der Waals surface area (Å²) in [5.41, 5.74) is 2.26. The molecular weight excluding hydrogens is 366 g/mol. The molecule has 0 saturated heterocycles. The predicted octanol–water partition coefficient (Wildman–Crippen LogP) is 3.89. The van der Waals surface area contributed by atoms with E-state index in [0.29, 0.717) is 12.5 Å². The molecule has 0 aliphatic carbocycles. The summed E-state index contributed by atoms with van der Waals surface area (Å²) in [6, 6.07) is 14.1. The Morgan fingerprint density at radius 1 is 1.21 bits per heavy atom. The van der Waals surface area contributed by atoms with Crippen molar-refractivity contribution < 1.29 is 14.2 Å². The van der Waals surface area contributed by atoms with Crippen molar-refractivity contribution in [3.05, 3.63) is 53.6 Å². The summed E-state index contributed by atoms with van der Waals surface area (Å²) < 4.78 is 16.7. The average molecular weight is 398 g/mol. The smallest absolute Gasteiger partial charge is 0.191 e. The van der Waals surface area contributed by atoms with Gasteiger partial charge in [-0.15, -0.1) is 0 Å². The summed E-state index contributed by atoms with van der Waals surface area (Å²) in [7, 11) is 3.35. The molecule has 2 N–H and O–H groups in total. The highest BCUT2D eigenvalue weighted by atomic mass is 16.5. The molecule has 2 aromatic rings. The number of guanidine groups is 1. The Morgan fingerprint density at radius 2 is 2.03 bits per heavy atom. The van der Waals surface area contributed by atoms with Crippen molar-refractivity contribution in [2.24, 2.45) is 4.99 Å². The molecule has 3 rings (SSSR count). The van der Waals surface area contributed by atoms with Gasteiger partial charge in [-0.1, -0.05) is 18.2 Å². The van der Waals surface area contributed by atoms with Gasteiger partial charge in [0.1, 0.15) is 17.2 Å². The molecule has 6 nitrogen and oxygen atoms in total. The Hall–Kier alpha value is -2.89. The second-order valence-electron chi connectivity index (χ2n) is 7.07. The van der Waals surface area contributed by atoms with Gasteiger partial charge in [0.2, 0.25) is 0 Å². The van der Waals surface area contributed by atoms with Gasteiger partial charge in [-0.3, -0.25) is 4.99 Å². The summed E-state index contributed by atoms with van der Waals surface area (Å²) in [6.07, 6.45) is 0.971. The van der Waals surface area contributed by atoms with Crippen LogP contribution in [0, 0.1) is 0 Å². The average Bonchev–Trinajstić information content (AvgIpc) is 2.77. The summed E-state index contributed by atoms with van der Waals surface area (Å²) in [5.74, 6) is 3.74. The van der Waals surface area contributed by atoms with E-state index < -0.39 is 0 Å². The SMILES string of the molecule is CCNC(=NCC1CCOc2ccccc21)NC(C)c1cc(OC)ccc1OC. The van der Waals surface area contributed by atoms with Crippen LogP contribution in [0.25, 0.3) is 0 Å². The van der Waals surface area contributed by atoms with Crippen LogP contribution in [0.1, 0.15) is 43.4 Å². The Labute approximate surface area is 173 Å². The highest BCUT2D eigenvalue weighted by Crippen LogP contribution is 2.33. The van der Waals surface area contributed by atoms with Gasteiger partial charge in [0, 0.05) is 24.6 Å². The first-order valence-electron chi connectivity index (χ1n) is 10.1. The molecule has 1 heterocycles. The monoisotopic (exact) mass is 397 g/mol. The van der Waals surface area contributed by atoms with E-state index in [1.165, 1.54) is 5.56 Å². The molecule has 6 heteroatoms. The molecular formula is C23H31N3O3. The lowest BCUT2D eigenvalue weighted by Gasteiger charge is -2.25. The van der Waals surface area contributed by atoms with Gasteiger partial charge in [0.05, 0.1) is 26.9 Å². The summed E-state index contributed by atoms with van der Waals surface area (Å²) in [4.78, 5) is 4.87. The molecule has 2 aromatic carbocycles. The number of para-hydroxylation sites is 1. The fraction of sp³-hybridized carbons (Fsp3) is 0.435. The first-order chi connectivity index (χ1) is 14.2. The van der Waals surface area contributed by atoms with Gasteiger partial charge in [-0.2, -0.15) is 0 Å². The number of aliphatic imine (C=N–C) groups is 1. The summed E-state index contributed by atoms with van der Waals surface area (Å²) in [5, 5.41) is 6.84. The van der Waals surface area contributed by atoms with E-state index in [4.69, 9.17) is 19.2 Å². The number of hydrogen-bond donors (Lipinski definition) is 2. The number of nitrogens with zero attached hydrogens (tertiary/aromatic N) is 1. The number of benzene rings is 2. The number of methoxy groups -OCH3 is 2. The zero-order chi connectivity index (χ0) is 20.6. The first kappa shape index (κ1) is 20.8. The van der Waals surface area contributed by atoms with Crippen molar-refractivity contribution in [2.75, 3.05) is 33.9 Å². The van der Waals surface area contributed by atoms with Gasteiger partial charge in [0.15, 0.2) is 5.96 Å². The van der Waals surface area contributed by atoms with Crippen LogP contribution in [-0.2, 0) is 0 Å². The highest BCUT2D eigenvalue weighted by molar-refractivity contribution is 5.80. The van der Waals surface area contributed by atoms with Crippen LogP contribution < -0.4 is 24.8 Å². The van der Waals surface area contributed by atoms with E-state index in [1.807, 2.05) is 30.3 Å². The van der Waals surface area contributed by atoms with Crippen LogP contribution in [0.3, 0.4) is 0 Å². The topological polar surface area (TPSA) is 64.1 Å². The molecule has 2 unspecified atom stereocenters. The summed E-state index contributed by atoms with van der Waals surface area (Å²) >= 11 is 0. The van der Waals surface area contributed by atoms with Crippen molar-refractivity contribution in [2.45, 2.75) is 32.2 Å². The Morgan fingerprint density at radius 3 is 2.79 bits per heavy atom. The minimum absolute atomic E-state index is 0.000162. The quantitative estimate of drug-likeness (QED) is 0.548. The normalized spacial score (nSPS) is 17.0. The van der Waals surface area contributed by atoms with E-state index in [2.05, 4.69) is 36.6 Å². The molecule has 1 aliphatic heterocycles. The van der Waals surface area contributed by atoms with Gasteiger partial charge in [-0.05, 0) is 50.1 Å². The Kier molecular flexibility index (Phi) is 7.22. The van der Waals surface area contributed by atoms with Crippen LogP contribution in [0.5, 0.6) is 17.2 Å². The second kappa shape index (κ2) is 10.0. The van der Waals surface area contributed by atoms with Gasteiger partial charge >= 0.3 is 0 Å². The minimum atomic E-state index is -0.000162. The minimum Gasteiger partial charge on any atom is -0.497 e. The molecule has 29 heavy (non-hydrogen) atoms. The molecule has 0 radical (unpaired) electrons. The van der Waals surface area contributed by atoms with E-state index >= 15 is 0 Å². The van der Waals surface area contributed by atoms with Crippen LogP contribution in [0.15, 0.2) is 47.5 Å². The van der Waals surface area contributed by atoms with Crippen LogP contribution in [-0.4, -0.2) is 39.9 Å². The van der Waals surface area contributed by atoms with Crippen molar-refractivity contribution >= 4 is 5.96 Å². The fourth-order valence-corrected chi connectivity index (χ4v) is 3.59. The van der Waals surface area contributed by atoms with E-state index in [-0.39, 0.29) is 6.04 Å². The molecule has 0 spiro atoms. The number of nitrogens with one attached hydrogen (secondary N) is 2. The van der Waals surface area contributed by atoms with Gasteiger partial charge in [-0.25, -0.2) is 0 Å². The predicted molar refractivity (Wildman–Crippen MR) is 116 cm³/mol. The number of rotatable bonds is 7. The molecule has 0 fully saturated rings. The maximum absolute atomic E-state index is 5.77. The van der Waals surface area contributed by atoms with E-state index in [0.717, 1.165) is 48.3 Å². The van der Waals surface area contributed by atoms with Gasteiger partial charge < -0.3 is 24.8 Å². The largest absolute Gasteiger partial charge is 0.497 e. The maximum atomic E-state index is 5.77. The van der Waals surface area contributed by atoms with Gasteiger partial charge in [0.25, 0.3) is 0 Å². The summed E-state index contributed by atoms with van der Waals surface area (Å²) in [6.45, 7) is 6.39. The van der Waals surface area contributed by atoms with Crippen molar-refractivity contribution in [1.82, 2.24) is 10.6 Å². The lowest BCUT2D eigenvalue weighted by Crippen LogP contribution is -2.39. The van der Waals surface area contributed by atoms with E-state index in [1.54, 1.807) is 14.2 Å². The van der Waals surface area contributed by atoms with Crippen LogP contribution in [0.2, 0.25) is 0 Å². The lowest BCUT2D eigenvalue weighted by atomic mass is 9.93. The Bertz CT molecular complexity index is 838. The first-order valence-corrected chi connectivity index (χ1v) is 10.1. The molecule has 2 atom stereocenters. The molecule has 1 aliphatic rings. The second-order valence-corrected chi connectivity index (χ2v) is 7.07. The lowest BCUT2D eigenvalue weighted by molar-refractivity contribution is 0.269. The molecule has 0 aromatic heterocycles. The zero-order valence-electron chi connectivity index (χ0n) is 17.7. The molecule has 0 amide bonds. The number of fused-ring (bicyclic) bond motifs is 1. The molecule has 0 bridgehead atoms. The van der Waals surface area contributed by atoms with Crippen LogP contribution in [0.4, 0.5) is 0 Å². The standard InChI is InChI=1S/C23H31N3O3/c1-5-24-23(25-15-17-12-13-29-22-9-7-6-8-19(17)22)26-16(2)20-14-18(27-3)10-11-21(20)28-4/h6-11,14,16-17H,5,12-13,15H2,1-4H3,(H2,24,25,26). The third kappa shape index (κ3) is 5.13. The van der Waals surface area contributed by atoms with Crippen LogP contribution >= 0.6 is 0 Å². The molecule has 0 saturated carbocycles.